The first kappa shape index (κ1) is 20.6. The van der Waals surface area contributed by atoms with Crippen LogP contribution in [0.25, 0.3) is 0 Å². The van der Waals surface area contributed by atoms with Crippen LogP contribution in [0.2, 0.25) is 0 Å². The monoisotopic (exact) mass is 386 g/mol. The van der Waals surface area contributed by atoms with Crippen molar-refractivity contribution >= 4 is 17.6 Å². The predicted octanol–water partition coefficient (Wildman–Crippen LogP) is 3.41. The van der Waals surface area contributed by atoms with Gasteiger partial charge in [-0.1, -0.05) is 44.4 Å². The summed E-state index contributed by atoms with van der Waals surface area (Å²) in [5.41, 5.74) is 2.02. The summed E-state index contributed by atoms with van der Waals surface area (Å²) >= 11 is 0. The molecule has 28 heavy (non-hydrogen) atoms. The van der Waals surface area contributed by atoms with Crippen molar-refractivity contribution in [1.82, 2.24) is 10.6 Å². The van der Waals surface area contributed by atoms with E-state index in [-0.39, 0.29) is 17.4 Å². The summed E-state index contributed by atoms with van der Waals surface area (Å²) in [5.74, 6) is 0.986. The van der Waals surface area contributed by atoms with Crippen molar-refractivity contribution in [2.24, 2.45) is 4.99 Å². The average molecular weight is 387 g/mol. The zero-order chi connectivity index (χ0) is 19.8. The van der Waals surface area contributed by atoms with Gasteiger partial charge in [0.15, 0.2) is 5.96 Å². The van der Waals surface area contributed by atoms with Crippen LogP contribution in [-0.4, -0.2) is 44.2 Å². The minimum Gasteiger partial charge on any atom is -0.373 e. The van der Waals surface area contributed by atoms with E-state index in [1.807, 2.05) is 18.2 Å². The van der Waals surface area contributed by atoms with Gasteiger partial charge in [-0.25, -0.2) is 0 Å². The molecule has 2 aliphatic rings. The molecular formula is C22H34N4O2. The third kappa shape index (κ3) is 5.25. The van der Waals surface area contributed by atoms with Crippen molar-refractivity contribution < 1.29 is 9.53 Å². The molecule has 6 nitrogen and oxygen atoms in total. The largest absolute Gasteiger partial charge is 0.373 e. The van der Waals surface area contributed by atoms with Crippen molar-refractivity contribution in [2.75, 3.05) is 32.1 Å². The first-order chi connectivity index (χ1) is 13.7. The normalized spacial score (nSPS) is 21.6. The topological polar surface area (TPSA) is 74.8 Å². The lowest BCUT2D eigenvalue weighted by atomic mass is 9.84. The molecule has 1 fully saturated rings. The van der Waals surface area contributed by atoms with Gasteiger partial charge in [0.05, 0.1) is 5.60 Å². The lowest BCUT2D eigenvalue weighted by Crippen LogP contribution is -2.50. The molecule has 1 aromatic carbocycles. The van der Waals surface area contributed by atoms with Gasteiger partial charge < -0.3 is 20.7 Å². The maximum Gasteiger partial charge on any atom is 0.225 e. The van der Waals surface area contributed by atoms with Gasteiger partial charge in [0.25, 0.3) is 0 Å². The van der Waals surface area contributed by atoms with Crippen LogP contribution in [-0.2, 0) is 9.53 Å². The fourth-order valence-corrected chi connectivity index (χ4v) is 4.26. The van der Waals surface area contributed by atoms with Gasteiger partial charge in [-0.15, -0.1) is 0 Å². The van der Waals surface area contributed by atoms with E-state index < -0.39 is 0 Å². The van der Waals surface area contributed by atoms with Crippen LogP contribution in [0.1, 0.15) is 63.4 Å². The molecule has 1 aromatic rings. The number of ether oxygens (including phenoxy) is 1. The highest BCUT2D eigenvalue weighted by Crippen LogP contribution is 2.32. The van der Waals surface area contributed by atoms with Crippen molar-refractivity contribution in [2.45, 2.75) is 63.4 Å². The van der Waals surface area contributed by atoms with E-state index >= 15 is 0 Å². The van der Waals surface area contributed by atoms with Crippen LogP contribution in [0.15, 0.2) is 29.3 Å². The lowest BCUT2D eigenvalue weighted by Gasteiger charge is -2.38. The number of benzene rings is 1. The summed E-state index contributed by atoms with van der Waals surface area (Å²) in [6.07, 6.45) is 7.49. The molecule has 0 spiro atoms. The van der Waals surface area contributed by atoms with Crippen LogP contribution >= 0.6 is 0 Å². The SMILES string of the molecule is CCCOC1(CNC(=NC)NCC2CC(=O)Nc3ccccc32)CCCCC1. The van der Waals surface area contributed by atoms with Crippen LogP contribution < -0.4 is 16.0 Å². The maximum absolute atomic E-state index is 12.0. The highest BCUT2D eigenvalue weighted by molar-refractivity contribution is 5.94. The third-order valence-electron chi connectivity index (χ3n) is 5.80. The van der Waals surface area contributed by atoms with E-state index in [0.717, 1.165) is 44.1 Å². The zero-order valence-corrected chi connectivity index (χ0v) is 17.2. The Morgan fingerprint density at radius 1 is 1.25 bits per heavy atom. The summed E-state index contributed by atoms with van der Waals surface area (Å²) in [6.45, 7) is 4.41. The van der Waals surface area contributed by atoms with Gasteiger partial charge in [0.2, 0.25) is 5.91 Å². The third-order valence-corrected chi connectivity index (χ3v) is 5.80. The van der Waals surface area contributed by atoms with E-state index in [1.165, 1.54) is 24.8 Å². The molecule has 3 rings (SSSR count). The standard InChI is InChI=1S/C22H34N4O2/c1-3-13-28-22(11-7-4-8-12-22)16-25-21(23-2)24-15-17-14-20(27)26-19-10-6-5-9-18(17)19/h5-6,9-10,17H,3-4,7-8,11-16H2,1-2H3,(H,26,27)(H2,23,24,25). The predicted molar refractivity (Wildman–Crippen MR) is 114 cm³/mol. The molecule has 0 saturated heterocycles. The number of amides is 1. The number of carbonyl (C=O) groups excluding carboxylic acids is 1. The van der Waals surface area contributed by atoms with E-state index in [2.05, 4.69) is 33.9 Å². The Balaban J connectivity index is 1.57. The van der Waals surface area contributed by atoms with Gasteiger partial charge in [-0.05, 0) is 30.9 Å². The van der Waals surface area contributed by atoms with Gasteiger partial charge in [0, 0.05) is 44.8 Å². The first-order valence-electron chi connectivity index (χ1n) is 10.6. The summed E-state index contributed by atoms with van der Waals surface area (Å²) < 4.78 is 6.27. The molecule has 0 bridgehead atoms. The fraction of sp³-hybridized carbons (Fsp3) is 0.636. The molecule has 154 valence electrons. The zero-order valence-electron chi connectivity index (χ0n) is 17.2. The van der Waals surface area contributed by atoms with Crippen molar-refractivity contribution in [3.05, 3.63) is 29.8 Å². The van der Waals surface area contributed by atoms with Gasteiger partial charge in [-0.2, -0.15) is 0 Å². The second-order valence-electron chi connectivity index (χ2n) is 7.94. The number of hydrogen-bond donors (Lipinski definition) is 3. The number of nitrogens with one attached hydrogen (secondary N) is 3. The Hall–Kier alpha value is -2.08. The Bertz CT molecular complexity index is 683. The molecule has 1 aliphatic carbocycles. The Morgan fingerprint density at radius 2 is 2.04 bits per heavy atom. The molecular weight excluding hydrogens is 352 g/mol. The number of rotatable bonds is 7. The minimum atomic E-state index is -0.0802. The smallest absolute Gasteiger partial charge is 0.225 e. The minimum absolute atomic E-state index is 0.0718. The second-order valence-corrected chi connectivity index (χ2v) is 7.94. The van der Waals surface area contributed by atoms with Crippen molar-refractivity contribution in [3.63, 3.8) is 0 Å². The number of guanidine groups is 1. The molecule has 0 aromatic heterocycles. The summed E-state index contributed by atoms with van der Waals surface area (Å²) in [4.78, 5) is 16.4. The van der Waals surface area contributed by atoms with E-state index in [9.17, 15) is 4.79 Å². The number of para-hydroxylation sites is 1. The molecule has 6 heteroatoms. The molecule has 1 saturated carbocycles. The van der Waals surface area contributed by atoms with Crippen LogP contribution in [0.3, 0.4) is 0 Å². The summed E-state index contributed by atoms with van der Waals surface area (Å²) in [7, 11) is 1.79. The Morgan fingerprint density at radius 3 is 2.79 bits per heavy atom. The average Bonchev–Trinajstić information content (AvgIpc) is 2.73. The molecule has 1 heterocycles. The number of carbonyl (C=O) groups is 1. The molecule has 1 atom stereocenters. The Labute approximate surface area is 168 Å². The van der Waals surface area contributed by atoms with Crippen LogP contribution in [0.4, 0.5) is 5.69 Å². The molecule has 1 aliphatic heterocycles. The molecule has 0 radical (unpaired) electrons. The van der Waals surface area contributed by atoms with Gasteiger partial charge in [-0.3, -0.25) is 9.79 Å². The first-order valence-corrected chi connectivity index (χ1v) is 10.6. The molecule has 1 unspecified atom stereocenters. The van der Waals surface area contributed by atoms with E-state index in [4.69, 9.17) is 4.74 Å². The van der Waals surface area contributed by atoms with Gasteiger partial charge in [0.1, 0.15) is 0 Å². The molecule has 3 N–H and O–H groups in total. The fourth-order valence-electron chi connectivity index (χ4n) is 4.26. The lowest BCUT2D eigenvalue weighted by molar-refractivity contribution is -0.116. The number of fused-ring (bicyclic) bond motifs is 1. The quantitative estimate of drug-likeness (QED) is 0.496. The van der Waals surface area contributed by atoms with Crippen molar-refractivity contribution in [3.8, 4) is 0 Å². The number of nitrogens with zero attached hydrogens (tertiary/aromatic N) is 1. The molecule has 1 amide bonds. The summed E-state index contributed by atoms with van der Waals surface area (Å²) in [6, 6.07) is 8.03. The second kappa shape index (κ2) is 9.92. The van der Waals surface area contributed by atoms with Gasteiger partial charge >= 0.3 is 0 Å². The van der Waals surface area contributed by atoms with E-state index in [0.29, 0.717) is 13.0 Å². The van der Waals surface area contributed by atoms with Crippen LogP contribution in [0, 0.1) is 0 Å². The number of anilines is 1. The Kier molecular flexibility index (Phi) is 7.31. The maximum atomic E-state index is 12.0. The van der Waals surface area contributed by atoms with Crippen molar-refractivity contribution in [1.29, 1.82) is 0 Å². The number of aliphatic imine (C=N–C) groups is 1. The van der Waals surface area contributed by atoms with E-state index in [1.54, 1.807) is 7.05 Å². The number of hydrogen-bond acceptors (Lipinski definition) is 3. The highest BCUT2D eigenvalue weighted by Gasteiger charge is 2.33. The van der Waals surface area contributed by atoms with Crippen LogP contribution in [0.5, 0.6) is 0 Å². The highest BCUT2D eigenvalue weighted by atomic mass is 16.5. The summed E-state index contributed by atoms with van der Waals surface area (Å²) in [5, 5.41) is 9.85.